The molecule has 0 spiro atoms. The highest BCUT2D eigenvalue weighted by atomic mass is 16.5. The third kappa shape index (κ3) is 4.22. The molecule has 0 saturated carbocycles. The maximum absolute atomic E-state index is 12.7. The lowest BCUT2D eigenvalue weighted by molar-refractivity contribution is -0.143. The van der Waals surface area contributed by atoms with Gasteiger partial charge in [0.1, 0.15) is 0 Å². The zero-order valence-corrected chi connectivity index (χ0v) is 12.4. The molecule has 114 valence electrons. The van der Waals surface area contributed by atoms with Gasteiger partial charge in [0.2, 0.25) is 0 Å². The second-order valence-corrected chi connectivity index (χ2v) is 4.76. The van der Waals surface area contributed by atoms with E-state index in [0.29, 0.717) is 24.3 Å². The van der Waals surface area contributed by atoms with Crippen LogP contribution < -0.4 is 0 Å². The Morgan fingerprint density at radius 2 is 2.05 bits per heavy atom. The summed E-state index contributed by atoms with van der Waals surface area (Å²) in [6.45, 7) is 2.10. The van der Waals surface area contributed by atoms with Gasteiger partial charge in [-0.2, -0.15) is 0 Å². The van der Waals surface area contributed by atoms with E-state index in [2.05, 4.69) is 9.97 Å². The molecule has 2 aromatic heterocycles. The van der Waals surface area contributed by atoms with Crippen LogP contribution in [0.4, 0.5) is 0 Å². The molecule has 0 aliphatic carbocycles. The number of aromatic nitrogens is 2. The first-order valence-corrected chi connectivity index (χ1v) is 7.23. The molecule has 22 heavy (non-hydrogen) atoms. The Labute approximate surface area is 129 Å². The zero-order valence-electron chi connectivity index (χ0n) is 12.4. The molecular formula is C17H18N2O3. The molecule has 2 heterocycles. The predicted molar refractivity (Wildman–Crippen MR) is 81.4 cm³/mol. The number of rotatable bonds is 7. The number of esters is 1. The van der Waals surface area contributed by atoms with Crippen LogP contribution in [0.15, 0.2) is 48.9 Å². The fourth-order valence-corrected chi connectivity index (χ4v) is 2.20. The van der Waals surface area contributed by atoms with Crippen LogP contribution >= 0.6 is 0 Å². The number of nitrogens with zero attached hydrogens (tertiary/aromatic N) is 2. The fourth-order valence-electron chi connectivity index (χ4n) is 2.20. The first kappa shape index (κ1) is 15.8. The van der Waals surface area contributed by atoms with E-state index in [-0.39, 0.29) is 18.2 Å². The minimum atomic E-state index is -0.477. The molecule has 0 unspecified atom stereocenters. The Balaban J connectivity index is 2.19. The number of pyridine rings is 2. The van der Waals surface area contributed by atoms with Gasteiger partial charge in [0.15, 0.2) is 5.78 Å². The molecule has 0 aliphatic heterocycles. The van der Waals surface area contributed by atoms with Gasteiger partial charge in [-0.1, -0.05) is 6.07 Å². The molecule has 1 atom stereocenters. The van der Waals surface area contributed by atoms with Gasteiger partial charge < -0.3 is 4.74 Å². The lowest BCUT2D eigenvalue weighted by atomic mass is 9.90. The predicted octanol–water partition coefficient (Wildman–Crippen LogP) is 2.79. The molecule has 5 heteroatoms. The lowest BCUT2D eigenvalue weighted by Crippen LogP contribution is -2.17. The van der Waals surface area contributed by atoms with Crippen molar-refractivity contribution in [1.82, 2.24) is 9.97 Å². The summed E-state index contributed by atoms with van der Waals surface area (Å²) < 4.78 is 4.93. The van der Waals surface area contributed by atoms with Crippen molar-refractivity contribution in [3.8, 4) is 0 Å². The van der Waals surface area contributed by atoms with Crippen LogP contribution in [0.25, 0.3) is 0 Å². The Morgan fingerprint density at radius 1 is 1.18 bits per heavy atom. The first-order valence-electron chi connectivity index (χ1n) is 7.23. The summed E-state index contributed by atoms with van der Waals surface area (Å²) in [7, 11) is 0. The van der Waals surface area contributed by atoms with Gasteiger partial charge in [-0.05, 0) is 37.6 Å². The van der Waals surface area contributed by atoms with E-state index in [1.807, 2.05) is 6.07 Å². The van der Waals surface area contributed by atoms with E-state index < -0.39 is 5.92 Å². The van der Waals surface area contributed by atoms with Crippen molar-refractivity contribution in [3.05, 3.63) is 60.2 Å². The van der Waals surface area contributed by atoms with Crippen molar-refractivity contribution < 1.29 is 14.3 Å². The second kappa shape index (κ2) is 8.02. The van der Waals surface area contributed by atoms with Gasteiger partial charge >= 0.3 is 5.97 Å². The van der Waals surface area contributed by atoms with Crippen molar-refractivity contribution in [3.63, 3.8) is 0 Å². The van der Waals surface area contributed by atoms with Crippen molar-refractivity contribution in [2.75, 3.05) is 6.61 Å². The minimum absolute atomic E-state index is 0.0869. The van der Waals surface area contributed by atoms with E-state index >= 15 is 0 Å². The van der Waals surface area contributed by atoms with Crippen LogP contribution in [-0.2, 0) is 9.53 Å². The largest absolute Gasteiger partial charge is 0.466 e. The van der Waals surface area contributed by atoms with E-state index in [0.717, 1.165) is 0 Å². The molecule has 0 N–H and O–H groups in total. The van der Waals surface area contributed by atoms with Gasteiger partial charge in [0.05, 0.1) is 18.2 Å². The van der Waals surface area contributed by atoms with Crippen molar-refractivity contribution in [1.29, 1.82) is 0 Å². The van der Waals surface area contributed by atoms with Crippen LogP contribution in [0, 0.1) is 0 Å². The number of carbonyl (C=O) groups is 2. The minimum Gasteiger partial charge on any atom is -0.466 e. The maximum Gasteiger partial charge on any atom is 0.305 e. The number of ether oxygens (including phenoxy) is 1. The summed E-state index contributed by atoms with van der Waals surface area (Å²) in [6.07, 6.45) is 5.34. The van der Waals surface area contributed by atoms with Gasteiger partial charge in [-0.25, -0.2) is 0 Å². The molecule has 0 radical (unpaired) electrons. The fraction of sp³-hybridized carbons (Fsp3) is 0.294. The average molecular weight is 298 g/mol. The highest BCUT2D eigenvalue weighted by molar-refractivity contribution is 6.00. The van der Waals surface area contributed by atoms with E-state index in [1.165, 1.54) is 6.20 Å². The molecule has 0 amide bonds. The van der Waals surface area contributed by atoms with Crippen LogP contribution in [0.1, 0.15) is 41.7 Å². The number of Topliss-reactive ketones (excluding diaryl/α,β-unsaturated/α-hetero) is 1. The molecule has 0 aromatic carbocycles. The van der Waals surface area contributed by atoms with Crippen molar-refractivity contribution in [2.24, 2.45) is 0 Å². The number of hydrogen-bond acceptors (Lipinski definition) is 5. The highest BCUT2D eigenvalue weighted by Gasteiger charge is 2.24. The van der Waals surface area contributed by atoms with E-state index in [4.69, 9.17) is 4.74 Å². The number of ketones is 1. The third-order valence-corrected chi connectivity index (χ3v) is 3.25. The second-order valence-electron chi connectivity index (χ2n) is 4.76. The average Bonchev–Trinajstić information content (AvgIpc) is 2.57. The Hall–Kier alpha value is -2.56. The van der Waals surface area contributed by atoms with Gasteiger partial charge in [-0.3, -0.25) is 19.6 Å². The third-order valence-electron chi connectivity index (χ3n) is 3.25. The Kier molecular flexibility index (Phi) is 5.77. The molecule has 2 aromatic rings. The SMILES string of the molecule is CCOC(=O)CC[C@H](C(=O)c1cccnc1)c1ccccn1. The molecule has 0 fully saturated rings. The van der Waals surface area contributed by atoms with E-state index in [9.17, 15) is 9.59 Å². The molecule has 0 saturated heterocycles. The summed E-state index contributed by atoms with van der Waals surface area (Å²) in [4.78, 5) is 32.5. The standard InChI is InChI=1S/C17H18N2O3/c1-2-22-16(20)9-8-14(15-7-3-4-11-19-15)17(21)13-6-5-10-18-12-13/h3-7,10-12,14H,2,8-9H2,1H3/t14-/m0/s1. The number of carbonyl (C=O) groups excluding carboxylic acids is 2. The summed E-state index contributed by atoms with van der Waals surface area (Å²) in [5.41, 5.74) is 1.17. The lowest BCUT2D eigenvalue weighted by Gasteiger charge is -2.15. The Morgan fingerprint density at radius 3 is 2.68 bits per heavy atom. The molecule has 0 bridgehead atoms. The summed E-state index contributed by atoms with van der Waals surface area (Å²) in [5, 5.41) is 0. The summed E-state index contributed by atoms with van der Waals surface area (Å²) in [6, 6.07) is 8.85. The van der Waals surface area contributed by atoms with Crippen molar-refractivity contribution >= 4 is 11.8 Å². The van der Waals surface area contributed by atoms with Gasteiger partial charge in [0, 0.05) is 30.6 Å². The smallest absolute Gasteiger partial charge is 0.305 e. The highest BCUT2D eigenvalue weighted by Crippen LogP contribution is 2.24. The first-order chi connectivity index (χ1) is 10.7. The quantitative estimate of drug-likeness (QED) is 0.580. The maximum atomic E-state index is 12.7. The summed E-state index contributed by atoms with van der Waals surface area (Å²) >= 11 is 0. The summed E-state index contributed by atoms with van der Waals surface area (Å²) in [5.74, 6) is -0.867. The van der Waals surface area contributed by atoms with E-state index in [1.54, 1.807) is 43.6 Å². The van der Waals surface area contributed by atoms with Crippen LogP contribution in [0.3, 0.4) is 0 Å². The molecule has 5 nitrogen and oxygen atoms in total. The molecule has 2 rings (SSSR count). The molecule has 0 aliphatic rings. The topological polar surface area (TPSA) is 69.2 Å². The zero-order chi connectivity index (χ0) is 15.8. The molecular weight excluding hydrogens is 280 g/mol. The Bertz CT molecular complexity index is 614. The van der Waals surface area contributed by atoms with Gasteiger partial charge in [-0.15, -0.1) is 0 Å². The van der Waals surface area contributed by atoms with Crippen molar-refractivity contribution in [2.45, 2.75) is 25.7 Å². The number of hydrogen-bond donors (Lipinski definition) is 0. The van der Waals surface area contributed by atoms with Crippen LogP contribution in [0.5, 0.6) is 0 Å². The normalized spacial score (nSPS) is 11.7. The van der Waals surface area contributed by atoms with Crippen LogP contribution in [-0.4, -0.2) is 28.3 Å². The monoisotopic (exact) mass is 298 g/mol. The van der Waals surface area contributed by atoms with Crippen LogP contribution in [0.2, 0.25) is 0 Å². The van der Waals surface area contributed by atoms with Gasteiger partial charge in [0.25, 0.3) is 0 Å².